The van der Waals surface area contributed by atoms with E-state index in [0.717, 1.165) is 16.7 Å². The summed E-state index contributed by atoms with van der Waals surface area (Å²) in [5.74, 6) is -0.459. The molecule has 0 saturated carbocycles. The summed E-state index contributed by atoms with van der Waals surface area (Å²) in [7, 11) is 0. The highest BCUT2D eigenvalue weighted by molar-refractivity contribution is 5.94. The third-order valence-corrected chi connectivity index (χ3v) is 5.42. The van der Waals surface area contributed by atoms with E-state index in [4.69, 9.17) is 4.42 Å². The van der Waals surface area contributed by atoms with E-state index < -0.39 is 5.97 Å². The van der Waals surface area contributed by atoms with Gasteiger partial charge in [0.1, 0.15) is 11.3 Å². The van der Waals surface area contributed by atoms with Crippen molar-refractivity contribution in [3.8, 4) is 11.3 Å². The lowest BCUT2D eigenvalue weighted by Gasteiger charge is -2.20. The van der Waals surface area contributed by atoms with E-state index >= 15 is 0 Å². The van der Waals surface area contributed by atoms with Gasteiger partial charge in [-0.3, -0.25) is 4.79 Å². The van der Waals surface area contributed by atoms with Crippen LogP contribution >= 0.6 is 0 Å². The minimum absolute atomic E-state index is 0.0665. The van der Waals surface area contributed by atoms with E-state index in [1.165, 1.54) is 0 Å². The molecule has 0 aliphatic heterocycles. The predicted molar refractivity (Wildman–Crippen MR) is 123 cm³/mol. The van der Waals surface area contributed by atoms with Crippen LogP contribution in [0.15, 0.2) is 75.9 Å². The lowest BCUT2D eigenvalue weighted by Crippen LogP contribution is -2.14. The molecule has 0 fully saturated rings. The van der Waals surface area contributed by atoms with Crippen molar-refractivity contribution >= 4 is 22.6 Å². The molecule has 5 heteroatoms. The number of fused-ring (bicyclic) bond motifs is 1. The largest absolute Gasteiger partial charge is 0.478 e. The van der Waals surface area contributed by atoms with Gasteiger partial charge in [-0.25, -0.2) is 4.79 Å². The topological polar surface area (TPSA) is 79.5 Å². The number of hydrogen-bond donors (Lipinski definition) is 2. The van der Waals surface area contributed by atoms with Crippen LogP contribution in [0.25, 0.3) is 22.3 Å². The second kappa shape index (κ2) is 8.11. The molecule has 1 atom stereocenters. The Morgan fingerprint density at radius 2 is 1.68 bits per heavy atom. The molecule has 0 aliphatic carbocycles. The van der Waals surface area contributed by atoms with Gasteiger partial charge in [0.15, 0.2) is 5.43 Å². The summed E-state index contributed by atoms with van der Waals surface area (Å²) in [6, 6.07) is 19.8. The maximum atomic E-state index is 13.2. The molecule has 0 radical (unpaired) electrons. The predicted octanol–water partition coefficient (Wildman–Crippen LogP) is 5.95. The van der Waals surface area contributed by atoms with Gasteiger partial charge in [-0.1, -0.05) is 48.5 Å². The van der Waals surface area contributed by atoms with Gasteiger partial charge in [0.25, 0.3) is 0 Å². The summed E-state index contributed by atoms with van der Waals surface area (Å²) < 4.78 is 6.33. The van der Waals surface area contributed by atoms with Crippen molar-refractivity contribution in [2.45, 2.75) is 26.8 Å². The third-order valence-electron chi connectivity index (χ3n) is 5.42. The normalized spacial score (nSPS) is 12.0. The minimum Gasteiger partial charge on any atom is -0.478 e. The number of benzene rings is 3. The van der Waals surface area contributed by atoms with E-state index in [0.29, 0.717) is 28.0 Å². The molecule has 1 heterocycles. The van der Waals surface area contributed by atoms with Gasteiger partial charge in [-0.15, -0.1) is 0 Å². The summed E-state index contributed by atoms with van der Waals surface area (Å²) in [6.07, 6.45) is 0. The number of aryl methyl sites for hydroxylation is 1. The highest BCUT2D eigenvalue weighted by Crippen LogP contribution is 2.32. The Morgan fingerprint density at radius 3 is 2.39 bits per heavy atom. The number of rotatable bonds is 5. The fourth-order valence-electron chi connectivity index (χ4n) is 3.86. The number of para-hydroxylation sites is 1. The van der Waals surface area contributed by atoms with Crippen LogP contribution < -0.4 is 10.7 Å². The molecule has 3 aromatic carbocycles. The summed E-state index contributed by atoms with van der Waals surface area (Å²) in [4.78, 5) is 24.8. The van der Waals surface area contributed by atoms with Crippen LogP contribution in [-0.4, -0.2) is 11.1 Å². The zero-order chi connectivity index (χ0) is 22.1. The van der Waals surface area contributed by atoms with Gasteiger partial charge in [0, 0.05) is 22.4 Å². The SMILES string of the molecule is Cc1cc([C@@H](C)Nc2ccccc2C(=O)O)c2oc(-c3ccccc3)c(C)c(=O)c2c1. The second-order valence-corrected chi connectivity index (χ2v) is 7.70. The van der Waals surface area contributed by atoms with Gasteiger partial charge < -0.3 is 14.8 Å². The van der Waals surface area contributed by atoms with Gasteiger partial charge >= 0.3 is 5.97 Å². The van der Waals surface area contributed by atoms with Crippen LogP contribution in [-0.2, 0) is 0 Å². The second-order valence-electron chi connectivity index (χ2n) is 7.70. The Balaban J connectivity index is 1.89. The van der Waals surface area contributed by atoms with Crippen LogP contribution in [0.1, 0.15) is 40.0 Å². The van der Waals surface area contributed by atoms with Crippen molar-refractivity contribution in [3.63, 3.8) is 0 Å². The fourth-order valence-corrected chi connectivity index (χ4v) is 3.86. The van der Waals surface area contributed by atoms with Crippen molar-refractivity contribution < 1.29 is 14.3 Å². The maximum Gasteiger partial charge on any atom is 0.337 e. The lowest BCUT2D eigenvalue weighted by atomic mass is 9.98. The summed E-state index contributed by atoms with van der Waals surface area (Å²) in [5, 5.41) is 13.3. The van der Waals surface area contributed by atoms with Crippen LogP contribution in [0.5, 0.6) is 0 Å². The average Bonchev–Trinajstić information content (AvgIpc) is 2.77. The first-order chi connectivity index (χ1) is 14.9. The van der Waals surface area contributed by atoms with Gasteiger partial charge in [0.2, 0.25) is 0 Å². The molecule has 0 unspecified atom stereocenters. The summed E-state index contributed by atoms with van der Waals surface area (Å²) >= 11 is 0. The highest BCUT2D eigenvalue weighted by Gasteiger charge is 2.20. The monoisotopic (exact) mass is 413 g/mol. The Bertz CT molecular complexity index is 1340. The molecule has 4 rings (SSSR count). The Labute approximate surface area is 180 Å². The number of aromatic carboxylic acids is 1. The quantitative estimate of drug-likeness (QED) is 0.423. The van der Waals surface area contributed by atoms with Gasteiger partial charge in [-0.2, -0.15) is 0 Å². The number of nitrogens with one attached hydrogen (secondary N) is 1. The van der Waals surface area contributed by atoms with Crippen molar-refractivity contribution in [1.82, 2.24) is 0 Å². The number of carbonyl (C=O) groups is 1. The lowest BCUT2D eigenvalue weighted by molar-refractivity contribution is 0.0698. The van der Waals surface area contributed by atoms with E-state index in [2.05, 4.69) is 5.32 Å². The van der Waals surface area contributed by atoms with Crippen LogP contribution in [0, 0.1) is 13.8 Å². The number of carboxylic acid groups (broad SMARTS) is 1. The van der Waals surface area contributed by atoms with E-state index in [-0.39, 0.29) is 17.0 Å². The smallest absolute Gasteiger partial charge is 0.337 e. The third kappa shape index (κ3) is 3.82. The van der Waals surface area contributed by atoms with E-state index in [9.17, 15) is 14.7 Å². The van der Waals surface area contributed by atoms with Crippen molar-refractivity contribution in [2.75, 3.05) is 5.32 Å². The standard InChI is InChI=1S/C26H23NO4/c1-15-13-20(17(3)27-22-12-8-7-11-19(22)26(29)30)25-21(14-15)23(28)16(2)24(31-25)18-9-5-4-6-10-18/h4-14,17,27H,1-3H3,(H,29,30)/t17-/m1/s1. The van der Waals surface area contributed by atoms with Crippen LogP contribution in [0.3, 0.4) is 0 Å². The van der Waals surface area contributed by atoms with E-state index in [1.807, 2.05) is 56.3 Å². The first kappa shape index (κ1) is 20.4. The molecule has 0 spiro atoms. The molecule has 0 saturated heterocycles. The molecular formula is C26H23NO4. The first-order valence-corrected chi connectivity index (χ1v) is 10.1. The molecule has 0 amide bonds. The molecule has 0 bridgehead atoms. The fraction of sp³-hybridized carbons (Fsp3) is 0.154. The van der Waals surface area contributed by atoms with E-state index in [1.54, 1.807) is 31.2 Å². The summed E-state index contributed by atoms with van der Waals surface area (Å²) in [5.41, 5.74) is 4.26. The number of hydrogen-bond acceptors (Lipinski definition) is 4. The molecule has 2 N–H and O–H groups in total. The van der Waals surface area contributed by atoms with Gasteiger partial charge in [0.05, 0.1) is 17.0 Å². The summed E-state index contributed by atoms with van der Waals surface area (Å²) in [6.45, 7) is 5.63. The Kier molecular flexibility index (Phi) is 5.34. The minimum atomic E-state index is -1.00. The molecule has 31 heavy (non-hydrogen) atoms. The van der Waals surface area contributed by atoms with Crippen molar-refractivity contribution in [3.05, 3.63) is 99.2 Å². The van der Waals surface area contributed by atoms with Crippen LogP contribution in [0.2, 0.25) is 0 Å². The van der Waals surface area contributed by atoms with Gasteiger partial charge in [-0.05, 0) is 44.5 Å². The Morgan fingerprint density at radius 1 is 1.00 bits per heavy atom. The maximum absolute atomic E-state index is 13.2. The molecule has 1 aromatic heterocycles. The first-order valence-electron chi connectivity index (χ1n) is 10.1. The van der Waals surface area contributed by atoms with Crippen molar-refractivity contribution in [1.29, 1.82) is 0 Å². The highest BCUT2D eigenvalue weighted by atomic mass is 16.4. The van der Waals surface area contributed by atoms with Crippen LogP contribution in [0.4, 0.5) is 5.69 Å². The zero-order valence-electron chi connectivity index (χ0n) is 17.6. The zero-order valence-corrected chi connectivity index (χ0v) is 17.6. The Hall–Kier alpha value is -3.86. The molecule has 4 aromatic rings. The molecule has 5 nitrogen and oxygen atoms in total. The number of anilines is 1. The molecule has 0 aliphatic rings. The van der Waals surface area contributed by atoms with Crippen molar-refractivity contribution in [2.24, 2.45) is 0 Å². The average molecular weight is 413 g/mol. The molecular weight excluding hydrogens is 390 g/mol. The number of carboxylic acids is 1. The molecule has 156 valence electrons.